The van der Waals surface area contributed by atoms with Gasteiger partial charge < -0.3 is 9.64 Å². The molecular weight excluding hydrogens is 366 g/mol. The van der Waals surface area contributed by atoms with Crippen molar-refractivity contribution < 1.29 is 9.53 Å². The minimum atomic E-state index is 0.0282. The highest BCUT2D eigenvalue weighted by Gasteiger charge is 2.28. The van der Waals surface area contributed by atoms with E-state index in [1.54, 1.807) is 23.3 Å². The molecule has 1 aliphatic rings. The average Bonchev–Trinajstić information content (AvgIpc) is 3.06. The Balaban J connectivity index is 1.49. The van der Waals surface area contributed by atoms with Crippen LogP contribution in [0.3, 0.4) is 0 Å². The lowest BCUT2D eigenvalue weighted by molar-refractivity contribution is 0.0705. The summed E-state index contributed by atoms with van der Waals surface area (Å²) in [4.78, 5) is 23.8. The number of nitrogens with zero attached hydrogens (tertiary/aromatic N) is 5. The molecular formula is C22H25N5O2. The summed E-state index contributed by atoms with van der Waals surface area (Å²) in [5.74, 6) is 1.38. The maximum Gasteiger partial charge on any atom is 0.257 e. The van der Waals surface area contributed by atoms with Crippen molar-refractivity contribution in [1.29, 1.82) is 0 Å². The fraction of sp³-hybridized carbons (Fsp3) is 0.364. The van der Waals surface area contributed by atoms with Crippen LogP contribution in [0.1, 0.15) is 46.1 Å². The number of likely N-dealkylation sites (tertiary alicyclic amines) is 1. The minimum absolute atomic E-state index is 0.0282. The number of amides is 1. The Bertz CT molecular complexity index is 1030. The Morgan fingerprint density at radius 2 is 2.10 bits per heavy atom. The van der Waals surface area contributed by atoms with E-state index < -0.39 is 0 Å². The highest BCUT2D eigenvalue weighted by molar-refractivity contribution is 5.95. The number of ether oxygens (including phenoxy) is 1. The predicted octanol–water partition coefficient (Wildman–Crippen LogP) is 3.64. The number of carbonyl (C=O) groups is 1. The average molecular weight is 391 g/mol. The Labute approximate surface area is 170 Å². The van der Waals surface area contributed by atoms with Gasteiger partial charge in [0.15, 0.2) is 0 Å². The van der Waals surface area contributed by atoms with Crippen molar-refractivity contribution in [2.45, 2.75) is 32.6 Å². The fourth-order valence-electron chi connectivity index (χ4n) is 3.79. The summed E-state index contributed by atoms with van der Waals surface area (Å²) in [5.41, 5.74) is 3.40. The van der Waals surface area contributed by atoms with E-state index in [0.717, 1.165) is 42.1 Å². The van der Waals surface area contributed by atoms with Gasteiger partial charge in [0.1, 0.15) is 5.75 Å². The molecule has 1 amide bonds. The summed E-state index contributed by atoms with van der Waals surface area (Å²) in [5, 5.41) is 4.29. The van der Waals surface area contributed by atoms with Crippen molar-refractivity contribution in [3.63, 3.8) is 0 Å². The van der Waals surface area contributed by atoms with Gasteiger partial charge in [-0.25, -0.2) is 4.98 Å². The van der Waals surface area contributed by atoms with Crippen LogP contribution in [0.4, 0.5) is 0 Å². The first kappa shape index (κ1) is 19.1. The maximum absolute atomic E-state index is 13.0. The lowest BCUT2D eigenvalue weighted by atomic mass is 9.94. The molecule has 3 aromatic rings. The lowest BCUT2D eigenvalue weighted by Crippen LogP contribution is -2.39. The Morgan fingerprint density at radius 1 is 1.24 bits per heavy atom. The minimum Gasteiger partial charge on any atom is -0.437 e. The molecule has 0 radical (unpaired) electrons. The van der Waals surface area contributed by atoms with Gasteiger partial charge in [-0.15, -0.1) is 0 Å². The topological polar surface area (TPSA) is 73.1 Å². The third-order valence-electron chi connectivity index (χ3n) is 5.21. The Morgan fingerprint density at radius 3 is 2.86 bits per heavy atom. The molecule has 7 heteroatoms. The highest BCUT2D eigenvalue weighted by atomic mass is 16.5. The molecule has 0 spiro atoms. The molecule has 0 saturated carbocycles. The van der Waals surface area contributed by atoms with Crippen molar-refractivity contribution in [1.82, 2.24) is 24.6 Å². The van der Waals surface area contributed by atoms with E-state index in [4.69, 9.17) is 4.74 Å². The highest BCUT2D eigenvalue weighted by Crippen LogP contribution is 2.28. The summed E-state index contributed by atoms with van der Waals surface area (Å²) in [6.07, 6.45) is 7.09. The van der Waals surface area contributed by atoms with Crippen LogP contribution in [0.25, 0.3) is 0 Å². The second-order valence-corrected chi connectivity index (χ2v) is 7.59. The zero-order valence-corrected chi connectivity index (χ0v) is 17.0. The molecule has 1 fully saturated rings. The van der Waals surface area contributed by atoms with Crippen LogP contribution in [-0.2, 0) is 7.05 Å². The van der Waals surface area contributed by atoms with Gasteiger partial charge in [-0.05, 0) is 44.4 Å². The molecule has 150 valence electrons. The molecule has 1 atom stereocenters. The SMILES string of the molecule is Cc1cccc(Oc2cncc([C@H]3CCCN(C(=O)c4cn(C)nc4C)C3)n2)c1. The number of benzene rings is 1. The van der Waals surface area contributed by atoms with E-state index in [-0.39, 0.29) is 11.8 Å². The maximum atomic E-state index is 13.0. The molecule has 1 aliphatic heterocycles. The van der Waals surface area contributed by atoms with E-state index >= 15 is 0 Å². The first-order valence-electron chi connectivity index (χ1n) is 9.85. The van der Waals surface area contributed by atoms with Crippen LogP contribution in [-0.4, -0.2) is 43.6 Å². The molecule has 1 aromatic carbocycles. The van der Waals surface area contributed by atoms with Crippen LogP contribution in [0.15, 0.2) is 42.9 Å². The molecule has 1 saturated heterocycles. The van der Waals surface area contributed by atoms with Crippen molar-refractivity contribution >= 4 is 5.91 Å². The standard InChI is InChI=1S/C22H25N5O2/c1-15-6-4-8-18(10-15)29-21-12-23-11-20(24-21)17-7-5-9-27(13-17)22(28)19-14-26(3)25-16(19)2/h4,6,8,10-12,14,17H,5,7,9,13H2,1-3H3/t17-/m0/s1. The monoisotopic (exact) mass is 391 g/mol. The van der Waals surface area contributed by atoms with E-state index in [1.807, 2.05) is 50.1 Å². The molecule has 7 nitrogen and oxygen atoms in total. The van der Waals surface area contributed by atoms with E-state index in [2.05, 4.69) is 15.1 Å². The van der Waals surface area contributed by atoms with Gasteiger partial charge >= 0.3 is 0 Å². The van der Waals surface area contributed by atoms with Gasteiger partial charge in [-0.2, -0.15) is 5.10 Å². The second-order valence-electron chi connectivity index (χ2n) is 7.59. The quantitative estimate of drug-likeness (QED) is 0.679. The van der Waals surface area contributed by atoms with Crippen LogP contribution < -0.4 is 4.74 Å². The Hall–Kier alpha value is -3.22. The van der Waals surface area contributed by atoms with Gasteiger partial charge in [0.05, 0.1) is 23.1 Å². The summed E-state index contributed by atoms with van der Waals surface area (Å²) in [7, 11) is 1.83. The van der Waals surface area contributed by atoms with Crippen LogP contribution in [0.2, 0.25) is 0 Å². The van der Waals surface area contributed by atoms with E-state index in [1.165, 1.54) is 0 Å². The first-order chi connectivity index (χ1) is 14.0. The number of hydrogen-bond acceptors (Lipinski definition) is 5. The van der Waals surface area contributed by atoms with Crippen molar-refractivity contribution in [2.75, 3.05) is 13.1 Å². The second kappa shape index (κ2) is 8.03. The summed E-state index contributed by atoms with van der Waals surface area (Å²) >= 11 is 0. The van der Waals surface area contributed by atoms with Crippen molar-refractivity contribution in [2.24, 2.45) is 7.05 Å². The number of carbonyl (C=O) groups excluding carboxylic acids is 1. The summed E-state index contributed by atoms with van der Waals surface area (Å²) in [6, 6.07) is 7.84. The van der Waals surface area contributed by atoms with Gasteiger partial charge in [-0.3, -0.25) is 14.5 Å². The summed E-state index contributed by atoms with van der Waals surface area (Å²) in [6.45, 7) is 5.26. The molecule has 0 unspecified atom stereocenters. The lowest BCUT2D eigenvalue weighted by Gasteiger charge is -2.32. The van der Waals surface area contributed by atoms with Crippen molar-refractivity contribution in [3.05, 3.63) is 65.4 Å². The molecule has 3 heterocycles. The number of rotatable bonds is 4. The van der Waals surface area contributed by atoms with Crippen LogP contribution >= 0.6 is 0 Å². The third-order valence-corrected chi connectivity index (χ3v) is 5.21. The third kappa shape index (κ3) is 4.29. The number of piperidine rings is 1. The first-order valence-corrected chi connectivity index (χ1v) is 9.85. The van der Waals surface area contributed by atoms with Crippen molar-refractivity contribution in [3.8, 4) is 11.6 Å². The predicted molar refractivity (Wildman–Crippen MR) is 109 cm³/mol. The molecule has 0 N–H and O–H groups in total. The number of aromatic nitrogens is 4. The Kier molecular flexibility index (Phi) is 5.29. The molecule has 0 aliphatic carbocycles. The fourth-order valence-corrected chi connectivity index (χ4v) is 3.79. The smallest absolute Gasteiger partial charge is 0.257 e. The number of hydrogen-bond donors (Lipinski definition) is 0. The van der Waals surface area contributed by atoms with Gasteiger partial charge in [0, 0.05) is 38.4 Å². The zero-order chi connectivity index (χ0) is 20.4. The van der Waals surface area contributed by atoms with Gasteiger partial charge in [0.2, 0.25) is 5.88 Å². The van der Waals surface area contributed by atoms with Gasteiger partial charge in [0.25, 0.3) is 5.91 Å². The normalized spacial score (nSPS) is 16.7. The number of aryl methyl sites for hydroxylation is 3. The van der Waals surface area contributed by atoms with E-state index in [0.29, 0.717) is 18.0 Å². The molecule has 4 rings (SSSR count). The van der Waals surface area contributed by atoms with E-state index in [9.17, 15) is 4.79 Å². The molecule has 0 bridgehead atoms. The molecule has 2 aromatic heterocycles. The van der Waals surface area contributed by atoms with Crippen LogP contribution in [0, 0.1) is 13.8 Å². The molecule has 29 heavy (non-hydrogen) atoms. The largest absolute Gasteiger partial charge is 0.437 e. The summed E-state index contributed by atoms with van der Waals surface area (Å²) < 4.78 is 7.57. The van der Waals surface area contributed by atoms with Gasteiger partial charge in [-0.1, -0.05) is 12.1 Å². The zero-order valence-electron chi connectivity index (χ0n) is 17.0. The van der Waals surface area contributed by atoms with Crippen LogP contribution in [0.5, 0.6) is 11.6 Å².